The van der Waals surface area contributed by atoms with Gasteiger partial charge >= 0.3 is 5.97 Å². The topological polar surface area (TPSA) is 78.9 Å². The second-order valence-electron chi connectivity index (χ2n) is 4.52. The quantitative estimate of drug-likeness (QED) is 0.840. The third kappa shape index (κ3) is 1.77. The largest absolute Gasteiger partial charge is 0.481 e. The molecule has 92 valence electrons. The number of aliphatic carboxylic acids is 1. The summed E-state index contributed by atoms with van der Waals surface area (Å²) in [6.07, 6.45) is 3.67. The number of pyridine rings is 1. The molecule has 2 aromatic rings. The average molecular weight is 243 g/mol. The molecule has 2 aromatic heterocycles. The summed E-state index contributed by atoms with van der Waals surface area (Å²) in [4.78, 5) is 15.4. The Bertz CT molecular complexity index is 577. The molecule has 0 amide bonds. The Balaban J connectivity index is 2.00. The molecule has 5 heteroatoms. The number of carboxylic acids is 1. The van der Waals surface area contributed by atoms with Gasteiger partial charge in [0.25, 0.3) is 0 Å². The Kier molecular flexibility index (Phi) is 2.59. The van der Waals surface area contributed by atoms with Gasteiger partial charge in [0.15, 0.2) is 0 Å². The lowest BCUT2D eigenvalue weighted by atomic mass is 9.86. The summed E-state index contributed by atoms with van der Waals surface area (Å²) in [5.74, 6) is -1.04. The molecular formula is C13H13N3O2. The number of fused-ring (bicyclic) bond motifs is 1. The minimum atomic E-state index is -0.728. The standard InChI is InChI=1S/C13H13N3O2/c17-13(18)8-4-5-10-9(7-8)12(16-15-10)11-3-1-2-6-14-11/h1-3,6,8H,4-5,7H2,(H,15,16)(H,17,18)/t8-/m1/s1. The van der Waals surface area contributed by atoms with Crippen molar-refractivity contribution in [1.29, 1.82) is 0 Å². The zero-order valence-corrected chi connectivity index (χ0v) is 9.76. The van der Waals surface area contributed by atoms with E-state index in [2.05, 4.69) is 15.2 Å². The maximum absolute atomic E-state index is 11.1. The Morgan fingerprint density at radius 3 is 3.06 bits per heavy atom. The van der Waals surface area contributed by atoms with E-state index >= 15 is 0 Å². The van der Waals surface area contributed by atoms with Crippen molar-refractivity contribution < 1.29 is 9.90 Å². The number of aryl methyl sites for hydroxylation is 1. The Labute approximate surface area is 104 Å². The van der Waals surface area contributed by atoms with E-state index in [0.29, 0.717) is 12.8 Å². The van der Waals surface area contributed by atoms with Crippen LogP contribution < -0.4 is 0 Å². The van der Waals surface area contributed by atoms with Crippen LogP contribution in [0.1, 0.15) is 17.7 Å². The zero-order valence-electron chi connectivity index (χ0n) is 9.76. The predicted octanol–water partition coefficient (Wildman–Crippen LogP) is 1.66. The normalized spacial score (nSPS) is 18.3. The van der Waals surface area contributed by atoms with Gasteiger partial charge in [0.1, 0.15) is 5.69 Å². The number of nitrogens with one attached hydrogen (secondary N) is 1. The van der Waals surface area contributed by atoms with Crippen LogP contribution in [0, 0.1) is 5.92 Å². The molecule has 1 atom stereocenters. The van der Waals surface area contributed by atoms with Gasteiger partial charge in [-0.2, -0.15) is 5.10 Å². The fraction of sp³-hybridized carbons (Fsp3) is 0.308. The van der Waals surface area contributed by atoms with Crippen LogP contribution in [0.15, 0.2) is 24.4 Å². The first-order valence-corrected chi connectivity index (χ1v) is 5.96. The van der Waals surface area contributed by atoms with E-state index in [1.807, 2.05) is 18.2 Å². The van der Waals surface area contributed by atoms with Crippen LogP contribution >= 0.6 is 0 Å². The number of hydrogen-bond donors (Lipinski definition) is 2. The third-order valence-corrected chi connectivity index (χ3v) is 3.40. The van der Waals surface area contributed by atoms with E-state index in [1.54, 1.807) is 6.20 Å². The molecule has 1 aliphatic carbocycles. The molecule has 0 aromatic carbocycles. The summed E-state index contributed by atoms with van der Waals surface area (Å²) in [5, 5.41) is 16.4. The maximum Gasteiger partial charge on any atom is 0.306 e. The van der Waals surface area contributed by atoms with Gasteiger partial charge in [-0.25, -0.2) is 0 Å². The third-order valence-electron chi connectivity index (χ3n) is 3.40. The Morgan fingerprint density at radius 2 is 2.33 bits per heavy atom. The first-order valence-electron chi connectivity index (χ1n) is 5.96. The van der Waals surface area contributed by atoms with E-state index in [0.717, 1.165) is 29.1 Å². The minimum Gasteiger partial charge on any atom is -0.481 e. The molecule has 18 heavy (non-hydrogen) atoms. The summed E-state index contributed by atoms with van der Waals surface area (Å²) < 4.78 is 0. The molecule has 0 bridgehead atoms. The lowest BCUT2D eigenvalue weighted by Crippen LogP contribution is -2.22. The number of carbonyl (C=O) groups is 1. The molecule has 0 saturated carbocycles. The highest BCUT2D eigenvalue weighted by atomic mass is 16.4. The molecule has 0 aliphatic heterocycles. The highest BCUT2D eigenvalue weighted by molar-refractivity contribution is 5.72. The molecule has 5 nitrogen and oxygen atoms in total. The lowest BCUT2D eigenvalue weighted by molar-refractivity contribution is -0.142. The summed E-state index contributed by atoms with van der Waals surface area (Å²) in [7, 11) is 0. The number of aromatic amines is 1. The second-order valence-corrected chi connectivity index (χ2v) is 4.52. The number of hydrogen-bond acceptors (Lipinski definition) is 3. The van der Waals surface area contributed by atoms with E-state index in [9.17, 15) is 4.79 Å². The van der Waals surface area contributed by atoms with Crippen LogP contribution in [0.2, 0.25) is 0 Å². The molecule has 2 N–H and O–H groups in total. The number of carboxylic acid groups (broad SMARTS) is 1. The number of nitrogens with zero attached hydrogens (tertiary/aromatic N) is 2. The average Bonchev–Trinajstić information content (AvgIpc) is 2.82. The van der Waals surface area contributed by atoms with Crippen LogP contribution in [-0.4, -0.2) is 26.3 Å². The van der Waals surface area contributed by atoms with Crippen molar-refractivity contribution in [1.82, 2.24) is 15.2 Å². The molecule has 2 heterocycles. The molecule has 0 fully saturated rings. The Hall–Kier alpha value is -2.17. The van der Waals surface area contributed by atoms with Gasteiger partial charge in [0.2, 0.25) is 0 Å². The van der Waals surface area contributed by atoms with Gasteiger partial charge in [-0.15, -0.1) is 0 Å². The van der Waals surface area contributed by atoms with Gasteiger partial charge in [0.05, 0.1) is 11.6 Å². The van der Waals surface area contributed by atoms with E-state index in [4.69, 9.17) is 5.11 Å². The van der Waals surface area contributed by atoms with Crippen LogP contribution in [0.4, 0.5) is 0 Å². The molecule has 1 aliphatic rings. The van der Waals surface area contributed by atoms with Crippen molar-refractivity contribution in [2.24, 2.45) is 5.92 Å². The molecule has 0 saturated heterocycles. The van der Waals surface area contributed by atoms with Crippen molar-refractivity contribution in [3.05, 3.63) is 35.7 Å². The summed E-state index contributed by atoms with van der Waals surface area (Å²) >= 11 is 0. The van der Waals surface area contributed by atoms with Gasteiger partial charge < -0.3 is 5.11 Å². The number of H-pyrrole nitrogens is 1. The Morgan fingerprint density at radius 1 is 1.44 bits per heavy atom. The van der Waals surface area contributed by atoms with Crippen molar-refractivity contribution >= 4 is 5.97 Å². The van der Waals surface area contributed by atoms with Gasteiger partial charge in [-0.3, -0.25) is 14.9 Å². The SMILES string of the molecule is O=C(O)[C@@H]1CCc2[nH]nc(-c3ccccn3)c2C1. The van der Waals surface area contributed by atoms with Crippen LogP contribution in [0.25, 0.3) is 11.4 Å². The second kappa shape index (κ2) is 4.25. The number of aromatic nitrogens is 3. The highest BCUT2D eigenvalue weighted by Gasteiger charge is 2.28. The molecule has 3 rings (SSSR count). The van der Waals surface area contributed by atoms with Crippen LogP contribution in [0.5, 0.6) is 0 Å². The zero-order chi connectivity index (χ0) is 12.5. The molecule has 0 spiro atoms. The van der Waals surface area contributed by atoms with Gasteiger partial charge in [0, 0.05) is 17.5 Å². The van der Waals surface area contributed by atoms with E-state index < -0.39 is 5.97 Å². The molecule has 0 unspecified atom stereocenters. The van der Waals surface area contributed by atoms with Crippen molar-refractivity contribution in [3.63, 3.8) is 0 Å². The van der Waals surface area contributed by atoms with Gasteiger partial charge in [-0.1, -0.05) is 6.07 Å². The first-order chi connectivity index (χ1) is 8.75. The maximum atomic E-state index is 11.1. The first kappa shape index (κ1) is 11.0. The smallest absolute Gasteiger partial charge is 0.306 e. The number of rotatable bonds is 2. The fourth-order valence-corrected chi connectivity index (χ4v) is 2.42. The summed E-state index contributed by atoms with van der Waals surface area (Å²) in [5.41, 5.74) is 3.64. The van der Waals surface area contributed by atoms with Crippen LogP contribution in [-0.2, 0) is 17.6 Å². The van der Waals surface area contributed by atoms with E-state index in [-0.39, 0.29) is 5.92 Å². The van der Waals surface area contributed by atoms with Crippen LogP contribution in [0.3, 0.4) is 0 Å². The van der Waals surface area contributed by atoms with Crippen molar-refractivity contribution in [3.8, 4) is 11.4 Å². The predicted molar refractivity (Wildman–Crippen MR) is 65.0 cm³/mol. The summed E-state index contributed by atoms with van der Waals surface area (Å²) in [6.45, 7) is 0. The van der Waals surface area contributed by atoms with Gasteiger partial charge in [-0.05, 0) is 31.4 Å². The molecular weight excluding hydrogens is 230 g/mol. The van der Waals surface area contributed by atoms with Crippen molar-refractivity contribution in [2.75, 3.05) is 0 Å². The van der Waals surface area contributed by atoms with Crippen molar-refractivity contribution in [2.45, 2.75) is 19.3 Å². The lowest BCUT2D eigenvalue weighted by Gasteiger charge is -2.18. The highest BCUT2D eigenvalue weighted by Crippen LogP contribution is 2.31. The fourth-order valence-electron chi connectivity index (χ4n) is 2.42. The summed E-state index contributed by atoms with van der Waals surface area (Å²) in [6, 6.07) is 5.64. The minimum absolute atomic E-state index is 0.308. The van der Waals surface area contributed by atoms with E-state index in [1.165, 1.54) is 0 Å². The molecule has 0 radical (unpaired) electrons. The monoisotopic (exact) mass is 243 g/mol.